The van der Waals surface area contributed by atoms with Crippen molar-refractivity contribution in [2.45, 2.75) is 133 Å². The molecule has 5 aromatic heterocycles. The minimum Gasteiger partial charge on any atom is -0.657 e. The van der Waals surface area contributed by atoms with Gasteiger partial charge >= 0.3 is 19.5 Å². The zero-order chi connectivity index (χ0) is 50.3. The molecule has 0 amide bonds. The standard InChI is InChI=1S/C62H60N6O4.Zn/c1-9-39-33(5)55-53-43-25-15-13-21-37(43)23-17-19-27-67-59(69)45-29-47-48(30-46(45)60(67)70)62(72)68(61(47)71)28-20-18-24-38-22-14-16-26-44(38)54(57-34(6)40(10-2)50(64-57)31-49(39)63-55)58-36(8)42(12-4)52(66-58)32-51-41(11-3)35(7)56(53)65-51;/h13-16,21-22,25-26,29-32H,9-12,17-20,23-24,27-28H2,1-8H3;/q-2;+2. The van der Waals surface area contributed by atoms with Crippen LogP contribution < -0.4 is 32.2 Å². The number of nitrogens with zero attached hydrogens (tertiary/aromatic N) is 6. The molecule has 0 unspecified atom stereocenters. The number of benzene rings is 3. The summed E-state index contributed by atoms with van der Waals surface area (Å²) in [5, 5.41) is 0.715. The van der Waals surface area contributed by atoms with E-state index in [1.54, 1.807) is 0 Å². The van der Waals surface area contributed by atoms with E-state index in [1.165, 1.54) is 43.5 Å². The molecule has 8 aromatic rings. The molecule has 6 aliphatic rings. The minimum atomic E-state index is -0.430. The normalized spacial score (nSPS) is 14.4. The first-order valence-electron chi connectivity index (χ1n) is 26.0. The second kappa shape index (κ2) is 19.5. The van der Waals surface area contributed by atoms with Crippen LogP contribution in [0.25, 0.3) is 88.2 Å². The summed E-state index contributed by atoms with van der Waals surface area (Å²) in [5.74, 6) is 0. The van der Waals surface area contributed by atoms with Gasteiger partial charge in [-0.05, 0) is 160 Å². The van der Waals surface area contributed by atoms with E-state index in [0.29, 0.717) is 38.5 Å². The summed E-state index contributed by atoms with van der Waals surface area (Å²) in [7, 11) is 0. The van der Waals surface area contributed by atoms with E-state index in [2.05, 4.69) is 116 Å². The largest absolute Gasteiger partial charge is 2.00 e. The van der Waals surface area contributed by atoms with E-state index >= 15 is 0 Å². The summed E-state index contributed by atoms with van der Waals surface area (Å²) in [6, 6.07) is 24.4. The molecule has 0 saturated heterocycles. The van der Waals surface area contributed by atoms with Crippen LogP contribution in [0.15, 0.2) is 92.0 Å². The van der Waals surface area contributed by atoms with Crippen LogP contribution in [0.4, 0.5) is 0 Å². The van der Waals surface area contributed by atoms with E-state index in [4.69, 9.17) is 19.9 Å². The third kappa shape index (κ3) is 7.92. The molecule has 3 aromatic carbocycles. The topological polar surface area (TPSA) is 132 Å². The van der Waals surface area contributed by atoms with Crippen molar-refractivity contribution in [1.82, 2.24) is 29.1 Å². The molecule has 11 heteroatoms. The van der Waals surface area contributed by atoms with Crippen molar-refractivity contribution < 1.29 is 19.5 Å². The summed E-state index contributed by atoms with van der Waals surface area (Å²) < 4.78 is 2.55. The molecular formula is C62H60N6O4Zn. The van der Waals surface area contributed by atoms with Crippen molar-refractivity contribution >= 4 is 65.9 Å². The van der Waals surface area contributed by atoms with Gasteiger partial charge in [-0.1, -0.05) is 111 Å². The van der Waals surface area contributed by atoms with E-state index < -0.39 is 22.2 Å². The van der Waals surface area contributed by atoms with Crippen molar-refractivity contribution in [2.75, 3.05) is 0 Å². The molecular weight excluding hydrogens is 958 g/mol. The minimum absolute atomic E-state index is 0. The summed E-state index contributed by atoms with van der Waals surface area (Å²) >= 11 is 0. The first kappa shape index (κ1) is 49.7. The fourth-order valence-electron chi connectivity index (χ4n) is 12.3. The number of rotatable bonds is 4. The maximum absolute atomic E-state index is 13.9. The Balaban J connectivity index is 0.00000611. The van der Waals surface area contributed by atoms with E-state index in [1.807, 2.05) is 0 Å². The van der Waals surface area contributed by atoms with Gasteiger partial charge in [0.1, 0.15) is 0 Å². The molecule has 14 rings (SSSR count). The third-order valence-corrected chi connectivity index (χ3v) is 16.1. The summed E-state index contributed by atoms with van der Waals surface area (Å²) in [6.45, 7) is 18.0. The fraction of sp³-hybridized carbons (Fsp3) is 0.323. The number of hydrogen-bond acceptors (Lipinski definition) is 6. The molecule has 11 heterocycles. The predicted molar refractivity (Wildman–Crippen MR) is 294 cm³/mol. The average molecular weight is 1020 g/mol. The molecule has 364 valence electrons. The van der Waals surface area contributed by atoms with Gasteiger partial charge in [0.2, 0.25) is 0 Å². The quantitative estimate of drug-likeness (QED) is 0.159. The van der Waals surface area contributed by atoms with Crippen molar-refractivity contribution in [3.8, 4) is 22.3 Å². The molecule has 6 aliphatic heterocycles. The first-order chi connectivity index (χ1) is 34.9. The molecule has 10 nitrogen and oxygen atoms in total. The van der Waals surface area contributed by atoms with Gasteiger partial charge in [0.25, 0.3) is 22.2 Å². The smallest absolute Gasteiger partial charge is 0.657 e. The SMILES string of the molecule is CCC1=C(C)c2nc1cc1[n-]c(c(C)c1CC)c1c3nc(cc4[n-]c(c(C)c4CC)c2-c2ccccc2CCCCn2c(=O)c4cc5c(=O)n(c(=O)c5cc4c2=O)CCCCc2ccccc2-1)C(CC)=C3C.[Zn+2]. The Labute approximate surface area is 437 Å². The molecule has 0 saturated carbocycles. The Bertz CT molecular complexity index is 3740. The van der Waals surface area contributed by atoms with Crippen LogP contribution in [0.5, 0.6) is 0 Å². The van der Waals surface area contributed by atoms with Gasteiger partial charge in [-0.15, -0.1) is 22.1 Å². The summed E-state index contributed by atoms with van der Waals surface area (Å²) in [4.78, 5) is 78.3. The Kier molecular flexibility index (Phi) is 13.3. The zero-order valence-corrected chi connectivity index (χ0v) is 46.4. The van der Waals surface area contributed by atoms with Gasteiger partial charge in [0.05, 0.1) is 44.3 Å². The van der Waals surface area contributed by atoms with E-state index in [0.717, 1.165) is 126 Å². The van der Waals surface area contributed by atoms with E-state index in [-0.39, 0.29) is 54.1 Å². The Hall–Kier alpha value is -6.84. The van der Waals surface area contributed by atoms with Crippen LogP contribution >= 0.6 is 0 Å². The molecule has 0 N–H and O–H groups in total. The van der Waals surface area contributed by atoms with Crippen LogP contribution in [-0.4, -0.2) is 19.1 Å². The maximum Gasteiger partial charge on any atom is 2.00 e. The van der Waals surface area contributed by atoms with Crippen molar-refractivity contribution in [3.05, 3.63) is 170 Å². The van der Waals surface area contributed by atoms with Gasteiger partial charge in [0.15, 0.2) is 0 Å². The molecule has 0 fully saturated rings. The van der Waals surface area contributed by atoms with Crippen LogP contribution in [0.1, 0.15) is 136 Å². The van der Waals surface area contributed by atoms with Gasteiger partial charge in [0, 0.05) is 13.1 Å². The predicted octanol–water partition coefficient (Wildman–Crippen LogP) is 11.9. The van der Waals surface area contributed by atoms with Crippen LogP contribution in [0, 0.1) is 13.8 Å². The van der Waals surface area contributed by atoms with Gasteiger partial charge in [-0.25, -0.2) is 9.97 Å². The van der Waals surface area contributed by atoms with Gasteiger partial charge in [-0.3, -0.25) is 28.3 Å². The van der Waals surface area contributed by atoms with Crippen molar-refractivity contribution in [2.24, 2.45) is 0 Å². The number of aryl methyl sites for hydroxylation is 6. The third-order valence-electron chi connectivity index (χ3n) is 16.1. The molecule has 0 atom stereocenters. The van der Waals surface area contributed by atoms with Crippen LogP contribution in [-0.2, 0) is 58.3 Å². The molecule has 0 spiro atoms. The molecule has 0 aliphatic carbocycles. The summed E-state index contributed by atoms with van der Waals surface area (Å²) in [6.07, 6.45) is 6.99. The fourth-order valence-corrected chi connectivity index (χ4v) is 12.3. The van der Waals surface area contributed by atoms with Gasteiger partial charge in [-0.2, -0.15) is 0 Å². The van der Waals surface area contributed by atoms with E-state index in [9.17, 15) is 19.2 Å². The number of aromatic nitrogens is 6. The average Bonchev–Trinajstić information content (AvgIpc) is 4.16. The monoisotopic (exact) mass is 1020 g/mol. The summed E-state index contributed by atoms with van der Waals surface area (Å²) in [5.41, 5.74) is 21.0. The van der Waals surface area contributed by atoms with Crippen molar-refractivity contribution in [3.63, 3.8) is 0 Å². The Morgan fingerprint density at radius 3 is 1.22 bits per heavy atom. The van der Waals surface area contributed by atoms with Crippen LogP contribution in [0.3, 0.4) is 0 Å². The zero-order valence-electron chi connectivity index (χ0n) is 43.4. The van der Waals surface area contributed by atoms with Gasteiger partial charge < -0.3 is 9.97 Å². The molecule has 0 radical (unpaired) electrons. The second-order valence-electron chi connectivity index (χ2n) is 19.9. The first-order valence-corrected chi connectivity index (χ1v) is 26.0. The Morgan fingerprint density at radius 2 is 0.863 bits per heavy atom. The Morgan fingerprint density at radius 1 is 0.493 bits per heavy atom. The molecule has 73 heavy (non-hydrogen) atoms. The number of hydrogen-bond donors (Lipinski definition) is 0. The number of allylic oxidation sites excluding steroid dienone is 4. The van der Waals surface area contributed by atoms with Crippen LogP contribution in [0.2, 0.25) is 0 Å². The maximum atomic E-state index is 13.9. The second-order valence-corrected chi connectivity index (χ2v) is 19.9. The van der Waals surface area contributed by atoms with Crippen molar-refractivity contribution in [1.29, 1.82) is 0 Å². The molecule has 16 bridgehead atoms.